The molecule has 22 heavy (non-hydrogen) atoms. The van der Waals surface area contributed by atoms with Crippen LogP contribution in [0.25, 0.3) is 10.2 Å². The van der Waals surface area contributed by atoms with Gasteiger partial charge in [0.2, 0.25) is 0 Å². The summed E-state index contributed by atoms with van der Waals surface area (Å²) in [4.78, 5) is 16.8. The molecular weight excluding hydrogens is 346 g/mol. The van der Waals surface area contributed by atoms with Gasteiger partial charge < -0.3 is 4.57 Å². The van der Waals surface area contributed by atoms with Crippen LogP contribution in [0.15, 0.2) is 41.4 Å². The van der Waals surface area contributed by atoms with E-state index in [2.05, 4.69) is 4.99 Å². The van der Waals surface area contributed by atoms with Gasteiger partial charge in [0.25, 0.3) is 5.91 Å². The summed E-state index contributed by atoms with van der Waals surface area (Å²) in [6.07, 6.45) is 0. The molecule has 0 bridgehead atoms. The zero-order valence-electron chi connectivity index (χ0n) is 11.3. The van der Waals surface area contributed by atoms with Crippen molar-refractivity contribution in [3.8, 4) is 0 Å². The fourth-order valence-electron chi connectivity index (χ4n) is 2.02. The maximum atomic E-state index is 13.3. The predicted molar refractivity (Wildman–Crippen MR) is 87.1 cm³/mol. The molecule has 0 atom stereocenters. The number of aromatic nitrogens is 1. The topological polar surface area (TPSA) is 34.4 Å². The van der Waals surface area contributed by atoms with Crippen LogP contribution in [0.4, 0.5) is 4.39 Å². The Kier molecular flexibility index (Phi) is 4.04. The number of benzene rings is 2. The minimum atomic E-state index is -0.491. The quantitative estimate of drug-likeness (QED) is 0.636. The molecule has 112 valence electrons. The molecule has 0 N–H and O–H groups in total. The van der Waals surface area contributed by atoms with E-state index in [1.165, 1.54) is 29.5 Å². The summed E-state index contributed by atoms with van der Waals surface area (Å²) in [6.45, 7) is 0. The van der Waals surface area contributed by atoms with E-state index in [0.717, 1.165) is 5.52 Å². The standard InChI is InChI=1S/C15H9Cl2FN2OS/c1-20-12-5-3-9(18)7-13(12)22-15(20)19-14(21)10-6-8(16)2-4-11(10)17/h2-7H,1H3. The first kappa shape index (κ1) is 15.2. The van der Waals surface area contributed by atoms with Crippen LogP contribution in [-0.4, -0.2) is 10.5 Å². The molecule has 0 spiro atoms. The van der Waals surface area contributed by atoms with Gasteiger partial charge in [0, 0.05) is 12.1 Å². The number of hydrogen-bond acceptors (Lipinski definition) is 2. The van der Waals surface area contributed by atoms with Gasteiger partial charge in [0.1, 0.15) is 5.82 Å². The first-order valence-electron chi connectivity index (χ1n) is 6.25. The molecule has 0 aliphatic rings. The molecule has 0 unspecified atom stereocenters. The lowest BCUT2D eigenvalue weighted by atomic mass is 10.2. The normalized spacial score (nSPS) is 12.1. The van der Waals surface area contributed by atoms with Crippen LogP contribution in [0, 0.1) is 5.82 Å². The highest BCUT2D eigenvalue weighted by Gasteiger charge is 2.11. The van der Waals surface area contributed by atoms with Crippen LogP contribution in [0.5, 0.6) is 0 Å². The summed E-state index contributed by atoms with van der Waals surface area (Å²) in [5.74, 6) is -0.819. The maximum absolute atomic E-state index is 13.3. The van der Waals surface area contributed by atoms with Crippen molar-refractivity contribution in [3.05, 3.63) is 62.6 Å². The molecule has 1 amide bonds. The Labute approximate surface area is 139 Å². The Morgan fingerprint density at radius 3 is 2.77 bits per heavy atom. The molecule has 3 aromatic rings. The smallest absolute Gasteiger partial charge is 0.281 e. The Morgan fingerprint density at radius 1 is 1.23 bits per heavy atom. The third kappa shape index (κ3) is 2.79. The molecule has 1 aromatic heterocycles. The molecule has 3 nitrogen and oxygen atoms in total. The Morgan fingerprint density at radius 2 is 2.00 bits per heavy atom. The zero-order chi connectivity index (χ0) is 15.9. The van der Waals surface area contributed by atoms with Gasteiger partial charge in [-0.15, -0.1) is 0 Å². The molecule has 0 fully saturated rings. The third-order valence-corrected chi connectivity index (χ3v) is 4.79. The highest BCUT2D eigenvalue weighted by atomic mass is 35.5. The van der Waals surface area contributed by atoms with Gasteiger partial charge in [-0.1, -0.05) is 34.5 Å². The molecule has 3 rings (SSSR count). The predicted octanol–water partition coefficient (Wildman–Crippen LogP) is 4.43. The second kappa shape index (κ2) is 5.83. The number of amides is 1. The Bertz CT molecular complexity index is 962. The van der Waals surface area contributed by atoms with E-state index in [4.69, 9.17) is 23.2 Å². The Balaban J connectivity index is 2.14. The monoisotopic (exact) mass is 354 g/mol. The Hall–Kier alpha value is -1.69. The van der Waals surface area contributed by atoms with E-state index in [-0.39, 0.29) is 16.4 Å². The summed E-state index contributed by atoms with van der Waals surface area (Å²) in [5.41, 5.74) is 1.04. The van der Waals surface area contributed by atoms with Crippen LogP contribution < -0.4 is 4.80 Å². The number of hydrogen-bond donors (Lipinski definition) is 0. The number of halogens is 3. The van der Waals surface area contributed by atoms with Gasteiger partial charge in [0.15, 0.2) is 4.80 Å². The number of carbonyl (C=O) groups excluding carboxylic acids is 1. The van der Waals surface area contributed by atoms with Crippen LogP contribution in [0.3, 0.4) is 0 Å². The van der Waals surface area contributed by atoms with Gasteiger partial charge in [-0.05, 0) is 36.4 Å². The molecule has 0 aliphatic carbocycles. The van der Waals surface area contributed by atoms with Crippen molar-refractivity contribution in [2.75, 3.05) is 0 Å². The minimum absolute atomic E-state index is 0.234. The van der Waals surface area contributed by atoms with Crippen LogP contribution in [-0.2, 0) is 7.05 Å². The molecule has 0 saturated heterocycles. The van der Waals surface area contributed by atoms with E-state index in [9.17, 15) is 9.18 Å². The first-order valence-corrected chi connectivity index (χ1v) is 7.82. The third-order valence-electron chi connectivity index (χ3n) is 3.13. The van der Waals surface area contributed by atoms with Gasteiger partial charge in [-0.3, -0.25) is 4.79 Å². The van der Waals surface area contributed by atoms with E-state index >= 15 is 0 Å². The van der Waals surface area contributed by atoms with E-state index in [0.29, 0.717) is 14.5 Å². The summed E-state index contributed by atoms with van der Waals surface area (Å²) < 4.78 is 15.7. The van der Waals surface area contributed by atoms with E-state index in [1.54, 1.807) is 29.8 Å². The van der Waals surface area contributed by atoms with Crippen molar-refractivity contribution in [2.45, 2.75) is 0 Å². The largest absolute Gasteiger partial charge is 0.319 e. The lowest BCUT2D eigenvalue weighted by molar-refractivity contribution is 0.0998. The van der Waals surface area contributed by atoms with E-state index < -0.39 is 5.91 Å². The van der Waals surface area contributed by atoms with Crippen molar-refractivity contribution in [3.63, 3.8) is 0 Å². The number of carbonyl (C=O) groups is 1. The molecule has 0 aliphatic heterocycles. The van der Waals surface area contributed by atoms with Crippen molar-refractivity contribution in [1.82, 2.24) is 4.57 Å². The summed E-state index contributed by atoms with van der Waals surface area (Å²) in [5, 5.41) is 0.693. The maximum Gasteiger partial charge on any atom is 0.281 e. The van der Waals surface area contributed by atoms with E-state index in [1.807, 2.05) is 0 Å². The van der Waals surface area contributed by atoms with Crippen LogP contribution in [0.2, 0.25) is 10.0 Å². The molecule has 0 radical (unpaired) electrons. The number of rotatable bonds is 1. The number of fused-ring (bicyclic) bond motifs is 1. The van der Waals surface area contributed by atoms with Gasteiger partial charge in [-0.25, -0.2) is 4.39 Å². The molecule has 0 saturated carbocycles. The fraction of sp³-hybridized carbons (Fsp3) is 0.0667. The first-order chi connectivity index (χ1) is 10.5. The molecule has 1 heterocycles. The highest BCUT2D eigenvalue weighted by molar-refractivity contribution is 7.16. The fourth-order valence-corrected chi connectivity index (χ4v) is 3.44. The minimum Gasteiger partial charge on any atom is -0.319 e. The summed E-state index contributed by atoms with van der Waals surface area (Å²) in [6, 6.07) is 9.06. The second-order valence-electron chi connectivity index (χ2n) is 4.60. The average Bonchev–Trinajstić information content (AvgIpc) is 2.77. The van der Waals surface area contributed by atoms with Crippen molar-refractivity contribution >= 4 is 50.7 Å². The lowest BCUT2D eigenvalue weighted by Gasteiger charge is -2.00. The van der Waals surface area contributed by atoms with Crippen LogP contribution in [0.1, 0.15) is 10.4 Å². The van der Waals surface area contributed by atoms with Gasteiger partial charge in [-0.2, -0.15) is 4.99 Å². The zero-order valence-corrected chi connectivity index (χ0v) is 13.6. The van der Waals surface area contributed by atoms with Crippen molar-refractivity contribution in [2.24, 2.45) is 12.0 Å². The van der Waals surface area contributed by atoms with Gasteiger partial charge >= 0.3 is 0 Å². The summed E-state index contributed by atoms with van der Waals surface area (Å²) in [7, 11) is 1.77. The number of nitrogens with zero attached hydrogens (tertiary/aromatic N) is 2. The van der Waals surface area contributed by atoms with Crippen molar-refractivity contribution < 1.29 is 9.18 Å². The average molecular weight is 355 g/mol. The highest BCUT2D eigenvalue weighted by Crippen LogP contribution is 2.22. The molecular formula is C15H9Cl2FN2OS. The SMILES string of the molecule is Cn1c(=NC(=O)c2cc(Cl)ccc2Cl)sc2cc(F)ccc21. The second-order valence-corrected chi connectivity index (χ2v) is 6.45. The molecule has 2 aromatic carbocycles. The lowest BCUT2D eigenvalue weighted by Crippen LogP contribution is -2.13. The number of aryl methyl sites for hydroxylation is 1. The number of thiazole rings is 1. The molecule has 7 heteroatoms. The summed E-state index contributed by atoms with van der Waals surface area (Å²) >= 11 is 13.1. The van der Waals surface area contributed by atoms with Crippen molar-refractivity contribution in [1.29, 1.82) is 0 Å². The van der Waals surface area contributed by atoms with Crippen LogP contribution >= 0.6 is 34.5 Å². The van der Waals surface area contributed by atoms with Gasteiger partial charge in [0.05, 0.1) is 20.8 Å².